The van der Waals surface area contributed by atoms with E-state index in [0.717, 1.165) is 16.0 Å². The fourth-order valence-electron chi connectivity index (χ4n) is 1.65. The zero-order valence-corrected chi connectivity index (χ0v) is 11.2. The van der Waals surface area contributed by atoms with Gasteiger partial charge in [-0.05, 0) is 29.7 Å². The first-order valence-corrected chi connectivity index (χ1v) is 6.39. The quantitative estimate of drug-likeness (QED) is 0.839. The average molecular weight is 294 g/mol. The van der Waals surface area contributed by atoms with Gasteiger partial charge >= 0.3 is 5.97 Å². The Bertz CT molecular complexity index is 874. The van der Waals surface area contributed by atoms with Crippen LogP contribution < -0.4 is 5.32 Å². The molecule has 6 nitrogen and oxygen atoms in total. The third-order valence-corrected chi connectivity index (χ3v) is 3.69. The van der Waals surface area contributed by atoms with Crippen LogP contribution in [0.2, 0.25) is 0 Å². The van der Waals surface area contributed by atoms with Gasteiger partial charge in [0.1, 0.15) is 28.8 Å². The summed E-state index contributed by atoms with van der Waals surface area (Å²) in [6, 6.07) is 11.6. The van der Waals surface area contributed by atoms with Crippen LogP contribution in [-0.4, -0.2) is 11.1 Å². The molecule has 2 aromatic rings. The van der Waals surface area contributed by atoms with Crippen LogP contribution in [0, 0.1) is 34.0 Å². The third-order valence-electron chi connectivity index (χ3n) is 2.58. The Labute approximate surface area is 123 Å². The van der Waals surface area contributed by atoms with Gasteiger partial charge in [-0.3, -0.25) is 0 Å². The van der Waals surface area contributed by atoms with E-state index in [1.54, 1.807) is 36.4 Å². The first-order valence-electron chi connectivity index (χ1n) is 5.57. The summed E-state index contributed by atoms with van der Waals surface area (Å²) in [4.78, 5) is 11.1. The predicted octanol–water partition coefficient (Wildman–Crippen LogP) is 2.84. The second-order valence-electron chi connectivity index (χ2n) is 3.88. The molecule has 1 heterocycles. The maximum Gasteiger partial charge on any atom is 0.345 e. The number of nitriles is 3. The van der Waals surface area contributed by atoms with E-state index >= 15 is 0 Å². The van der Waals surface area contributed by atoms with Gasteiger partial charge in [0.15, 0.2) is 5.57 Å². The van der Waals surface area contributed by atoms with E-state index < -0.39 is 5.97 Å². The standard InChI is InChI=1S/C14H6N4O2S/c15-5-9(6-16)11(7-17)18-10-1-2-12-8(3-10)4-13(21-12)14(19)20/h1-4,18H,(H,19,20). The second kappa shape index (κ2) is 5.75. The predicted molar refractivity (Wildman–Crippen MR) is 76.3 cm³/mol. The molecule has 0 spiro atoms. The number of hydrogen-bond acceptors (Lipinski definition) is 6. The van der Waals surface area contributed by atoms with Crippen LogP contribution in [0.1, 0.15) is 9.67 Å². The van der Waals surface area contributed by atoms with Crippen LogP contribution in [0.4, 0.5) is 5.69 Å². The molecule has 0 unspecified atom stereocenters. The largest absolute Gasteiger partial charge is 0.477 e. The maximum atomic E-state index is 10.9. The van der Waals surface area contributed by atoms with Gasteiger partial charge in [0.05, 0.1) is 0 Å². The molecule has 0 aliphatic carbocycles. The summed E-state index contributed by atoms with van der Waals surface area (Å²) in [7, 11) is 0. The van der Waals surface area contributed by atoms with Gasteiger partial charge in [-0.1, -0.05) is 0 Å². The highest BCUT2D eigenvalue weighted by atomic mass is 32.1. The summed E-state index contributed by atoms with van der Waals surface area (Å²) in [6.45, 7) is 0. The lowest BCUT2D eigenvalue weighted by Crippen LogP contribution is -2.00. The molecule has 0 radical (unpaired) electrons. The van der Waals surface area contributed by atoms with Crippen LogP contribution in [0.25, 0.3) is 10.1 Å². The topological polar surface area (TPSA) is 121 Å². The Morgan fingerprint density at radius 1 is 1.14 bits per heavy atom. The van der Waals surface area contributed by atoms with Crippen molar-refractivity contribution in [2.75, 3.05) is 5.32 Å². The molecule has 2 N–H and O–H groups in total. The molecule has 0 saturated heterocycles. The van der Waals surface area contributed by atoms with Gasteiger partial charge in [-0.15, -0.1) is 11.3 Å². The number of nitrogens with zero attached hydrogens (tertiary/aromatic N) is 3. The summed E-state index contributed by atoms with van der Waals surface area (Å²) in [5.41, 5.74) is 0.0407. The lowest BCUT2D eigenvalue weighted by molar-refractivity contribution is 0.0702. The summed E-state index contributed by atoms with van der Waals surface area (Å²) in [5, 5.41) is 38.8. The third kappa shape index (κ3) is 2.82. The minimum atomic E-state index is -1.00. The second-order valence-corrected chi connectivity index (χ2v) is 4.96. The fraction of sp³-hybridized carbons (Fsp3) is 0. The van der Waals surface area contributed by atoms with E-state index in [9.17, 15) is 4.79 Å². The van der Waals surface area contributed by atoms with E-state index in [1.165, 1.54) is 6.07 Å². The molecule has 21 heavy (non-hydrogen) atoms. The SMILES string of the molecule is N#CC(C#N)=C(C#N)Nc1ccc2sc(C(=O)O)cc2c1. The summed E-state index contributed by atoms with van der Waals surface area (Å²) < 4.78 is 0.793. The first kappa shape index (κ1) is 14.1. The lowest BCUT2D eigenvalue weighted by atomic mass is 10.2. The van der Waals surface area contributed by atoms with Gasteiger partial charge in [0.2, 0.25) is 0 Å². The monoisotopic (exact) mass is 294 g/mol. The summed E-state index contributed by atoms with van der Waals surface area (Å²) in [6.07, 6.45) is 0. The summed E-state index contributed by atoms with van der Waals surface area (Å²) >= 11 is 1.15. The summed E-state index contributed by atoms with van der Waals surface area (Å²) in [5.74, 6) is -1.00. The molecule has 0 fully saturated rings. The molecule has 0 saturated carbocycles. The van der Waals surface area contributed by atoms with Crippen molar-refractivity contribution in [1.29, 1.82) is 15.8 Å². The number of thiophene rings is 1. The van der Waals surface area contributed by atoms with E-state index in [1.807, 2.05) is 0 Å². The highest BCUT2D eigenvalue weighted by molar-refractivity contribution is 7.20. The highest BCUT2D eigenvalue weighted by Crippen LogP contribution is 2.28. The molecule has 0 bridgehead atoms. The number of benzene rings is 1. The number of allylic oxidation sites excluding steroid dienone is 2. The Morgan fingerprint density at radius 3 is 2.43 bits per heavy atom. The zero-order valence-electron chi connectivity index (χ0n) is 10.4. The Kier molecular flexibility index (Phi) is 3.85. The van der Waals surface area contributed by atoms with Crippen molar-refractivity contribution in [1.82, 2.24) is 0 Å². The van der Waals surface area contributed by atoms with Crippen LogP contribution in [0.3, 0.4) is 0 Å². The number of fused-ring (bicyclic) bond motifs is 1. The van der Waals surface area contributed by atoms with Crippen molar-refractivity contribution in [3.63, 3.8) is 0 Å². The number of aromatic carboxylic acids is 1. The fourth-order valence-corrected chi connectivity index (χ4v) is 2.54. The zero-order chi connectivity index (χ0) is 15.4. The Balaban J connectivity index is 2.43. The molecule has 0 aliphatic heterocycles. The molecule has 2 rings (SSSR count). The molecule has 1 aromatic heterocycles. The minimum Gasteiger partial charge on any atom is -0.477 e. The molecular formula is C14H6N4O2S. The Hall–Kier alpha value is -3.34. The number of carboxylic acid groups (broad SMARTS) is 1. The van der Waals surface area contributed by atoms with Crippen molar-refractivity contribution >= 4 is 33.1 Å². The van der Waals surface area contributed by atoms with Crippen LogP contribution >= 0.6 is 11.3 Å². The average Bonchev–Trinajstić information content (AvgIpc) is 2.90. The van der Waals surface area contributed by atoms with Gasteiger partial charge in [-0.25, -0.2) is 4.79 Å². The number of rotatable bonds is 3. The molecule has 100 valence electrons. The van der Waals surface area contributed by atoms with E-state index in [0.29, 0.717) is 11.1 Å². The number of hydrogen-bond donors (Lipinski definition) is 2. The molecule has 1 aromatic carbocycles. The van der Waals surface area contributed by atoms with Crippen molar-refractivity contribution in [2.24, 2.45) is 0 Å². The smallest absolute Gasteiger partial charge is 0.345 e. The minimum absolute atomic E-state index is 0.145. The van der Waals surface area contributed by atoms with E-state index in [4.69, 9.17) is 20.9 Å². The van der Waals surface area contributed by atoms with Gasteiger partial charge in [0.25, 0.3) is 0 Å². The molecule has 7 heteroatoms. The first-order chi connectivity index (χ1) is 10.1. The van der Waals surface area contributed by atoms with Gasteiger partial charge in [-0.2, -0.15) is 15.8 Å². The maximum absolute atomic E-state index is 10.9. The normalized spacial score (nSPS) is 9.19. The molecule has 0 atom stereocenters. The van der Waals surface area contributed by atoms with Crippen LogP contribution in [0.15, 0.2) is 35.5 Å². The molecule has 0 aliphatic rings. The molecule has 0 amide bonds. The Morgan fingerprint density at radius 2 is 1.86 bits per heavy atom. The van der Waals surface area contributed by atoms with E-state index in [2.05, 4.69) is 5.32 Å². The number of anilines is 1. The van der Waals surface area contributed by atoms with Gasteiger partial charge < -0.3 is 10.4 Å². The lowest BCUT2D eigenvalue weighted by Gasteiger charge is -2.04. The highest BCUT2D eigenvalue weighted by Gasteiger charge is 2.10. The van der Waals surface area contributed by atoms with Crippen molar-refractivity contribution < 1.29 is 9.90 Å². The van der Waals surface area contributed by atoms with Crippen LogP contribution in [-0.2, 0) is 0 Å². The van der Waals surface area contributed by atoms with Crippen LogP contribution in [0.5, 0.6) is 0 Å². The van der Waals surface area contributed by atoms with E-state index in [-0.39, 0.29) is 16.1 Å². The van der Waals surface area contributed by atoms with Crippen molar-refractivity contribution in [3.8, 4) is 18.2 Å². The molecular weight excluding hydrogens is 288 g/mol. The number of carboxylic acids is 1. The van der Waals surface area contributed by atoms with Crippen molar-refractivity contribution in [2.45, 2.75) is 0 Å². The number of nitrogens with one attached hydrogen (secondary N) is 1. The van der Waals surface area contributed by atoms with Crippen molar-refractivity contribution in [3.05, 3.63) is 40.4 Å². The number of carbonyl (C=O) groups is 1. The van der Waals surface area contributed by atoms with Gasteiger partial charge in [0, 0.05) is 10.4 Å².